The Balaban J connectivity index is 1.20. The van der Waals surface area contributed by atoms with Crippen LogP contribution in [0.5, 0.6) is 6.01 Å². The van der Waals surface area contributed by atoms with E-state index in [2.05, 4.69) is 55.8 Å². The molecule has 5 heterocycles. The van der Waals surface area contributed by atoms with Crippen molar-refractivity contribution in [2.24, 2.45) is 25.6 Å². The number of methoxy groups -OCH3 is 3. The lowest BCUT2D eigenvalue weighted by molar-refractivity contribution is 0.0592. The van der Waals surface area contributed by atoms with Crippen LogP contribution in [0.25, 0.3) is 17.3 Å². The number of nitrogens with two attached hydrogens (primary N) is 1. The third-order valence-electron chi connectivity index (χ3n) is 8.17. The van der Waals surface area contributed by atoms with E-state index >= 15 is 0 Å². The maximum atomic E-state index is 12.6. The molecule has 56 heavy (non-hydrogen) atoms. The Bertz CT molecular complexity index is 2560. The van der Waals surface area contributed by atoms with Gasteiger partial charge in [0, 0.05) is 0 Å². The van der Waals surface area contributed by atoms with Crippen LogP contribution >= 0.6 is 0 Å². The fourth-order valence-electron chi connectivity index (χ4n) is 5.41. The van der Waals surface area contributed by atoms with Gasteiger partial charge in [0.15, 0.2) is 35.0 Å². The number of nitrogens with zero attached hydrogens (tertiary/aromatic N) is 15. The lowest BCUT2D eigenvalue weighted by Gasteiger charge is -2.14. The summed E-state index contributed by atoms with van der Waals surface area (Å²) in [6.45, 7) is 3.29. The molecule has 0 amide bonds. The summed E-state index contributed by atoms with van der Waals surface area (Å²) in [5, 5.41) is 45.1. The van der Waals surface area contributed by atoms with Crippen molar-refractivity contribution in [3.63, 3.8) is 0 Å². The summed E-state index contributed by atoms with van der Waals surface area (Å²) >= 11 is 0. The van der Waals surface area contributed by atoms with Gasteiger partial charge >= 0.3 is 17.9 Å². The van der Waals surface area contributed by atoms with Gasteiger partial charge in [-0.25, -0.2) is 19.0 Å². The van der Waals surface area contributed by atoms with Gasteiger partial charge in [0.05, 0.1) is 56.5 Å². The number of para-hydroxylation sites is 2. The Labute approximate surface area is 316 Å². The minimum Gasteiger partial charge on any atom is -0.467 e. The van der Waals surface area contributed by atoms with E-state index in [0.717, 1.165) is 5.01 Å². The number of amidine groups is 1. The normalized spacial score (nSPS) is 14.2. The second-order valence-electron chi connectivity index (χ2n) is 11.7. The minimum atomic E-state index is -1.01. The first-order chi connectivity index (χ1) is 27.1. The number of hydrazone groups is 1. The first-order valence-corrected chi connectivity index (χ1v) is 16.5. The van der Waals surface area contributed by atoms with E-state index in [1.807, 2.05) is 36.4 Å². The highest BCUT2D eigenvalue weighted by molar-refractivity contribution is 6.19. The van der Waals surface area contributed by atoms with Gasteiger partial charge in [0.2, 0.25) is 0 Å². The molecule has 1 unspecified atom stereocenters. The molecule has 0 saturated carbocycles. The Morgan fingerprint density at radius 1 is 0.750 bits per heavy atom. The number of hydrogen-bond donors (Lipinski definition) is 2. The standard InChI is InChI=1S/C34H31N17O5/c1-18-24(42-44-28-22(30(52)54-3)16-37-48(28)20-12-8-6-9-13-20)26(35)50(46-18)32-39-33(41-34(40-32)56-5)51-27(36)25(19(2)47-51)43-45-29-23(31(53)55-4)17-38-49(29)21-14-10-7-11-15-21/h6-17,24,35H,36H2,1-5H3. The molecule has 7 rings (SSSR count). The third kappa shape index (κ3) is 6.68. The van der Waals surface area contributed by atoms with Crippen molar-refractivity contribution in [1.29, 1.82) is 5.41 Å². The van der Waals surface area contributed by atoms with E-state index in [9.17, 15) is 9.59 Å². The van der Waals surface area contributed by atoms with E-state index in [-0.39, 0.29) is 58.0 Å². The van der Waals surface area contributed by atoms with Gasteiger partial charge in [-0.05, 0) is 38.1 Å². The van der Waals surface area contributed by atoms with Crippen LogP contribution in [-0.2, 0) is 9.47 Å². The van der Waals surface area contributed by atoms with Gasteiger partial charge < -0.3 is 19.9 Å². The smallest absolute Gasteiger partial charge is 0.343 e. The molecule has 6 aromatic rings. The quantitative estimate of drug-likeness (QED) is 0.135. The van der Waals surface area contributed by atoms with Gasteiger partial charge in [-0.15, -0.1) is 15.3 Å². The van der Waals surface area contributed by atoms with Crippen LogP contribution in [0.2, 0.25) is 0 Å². The fraction of sp³-hybridized carbons (Fsp3) is 0.176. The molecule has 22 heteroatoms. The Morgan fingerprint density at radius 2 is 1.30 bits per heavy atom. The third-order valence-corrected chi connectivity index (χ3v) is 8.17. The fourth-order valence-corrected chi connectivity index (χ4v) is 5.41. The summed E-state index contributed by atoms with van der Waals surface area (Å²) in [5.41, 5.74) is 8.77. The molecule has 282 valence electrons. The summed E-state index contributed by atoms with van der Waals surface area (Å²) in [6, 6.07) is 16.9. The molecule has 0 bridgehead atoms. The van der Waals surface area contributed by atoms with Crippen molar-refractivity contribution < 1.29 is 23.8 Å². The van der Waals surface area contributed by atoms with E-state index in [4.69, 9.17) is 25.4 Å². The summed E-state index contributed by atoms with van der Waals surface area (Å²) in [7, 11) is 3.85. The molecule has 0 radical (unpaired) electrons. The molecule has 1 aliphatic rings. The second-order valence-corrected chi connectivity index (χ2v) is 11.7. The van der Waals surface area contributed by atoms with Crippen molar-refractivity contribution in [1.82, 2.24) is 44.3 Å². The van der Waals surface area contributed by atoms with Crippen molar-refractivity contribution >= 4 is 52.6 Å². The zero-order chi connectivity index (χ0) is 39.5. The van der Waals surface area contributed by atoms with Crippen LogP contribution in [0.3, 0.4) is 0 Å². The first kappa shape index (κ1) is 36.3. The van der Waals surface area contributed by atoms with Gasteiger partial charge in [-0.3, -0.25) is 5.41 Å². The molecular formula is C34H31N17O5. The van der Waals surface area contributed by atoms with E-state index in [1.54, 1.807) is 38.1 Å². The number of aryl methyl sites for hydroxylation is 1. The van der Waals surface area contributed by atoms with Crippen molar-refractivity contribution in [2.75, 3.05) is 32.1 Å². The molecule has 0 fully saturated rings. The second kappa shape index (κ2) is 15.1. The van der Waals surface area contributed by atoms with E-state index < -0.39 is 18.0 Å². The molecule has 1 atom stereocenters. The molecule has 0 aliphatic carbocycles. The van der Waals surface area contributed by atoms with Gasteiger partial charge in [-0.1, -0.05) is 36.4 Å². The van der Waals surface area contributed by atoms with Crippen LogP contribution in [0, 0.1) is 12.3 Å². The molecule has 0 saturated heterocycles. The molecule has 2 aromatic carbocycles. The van der Waals surface area contributed by atoms with Crippen molar-refractivity contribution in [2.45, 2.75) is 19.9 Å². The summed E-state index contributed by atoms with van der Waals surface area (Å²) in [4.78, 5) is 38.3. The highest BCUT2D eigenvalue weighted by atomic mass is 16.5. The Morgan fingerprint density at radius 3 is 1.86 bits per heavy atom. The van der Waals surface area contributed by atoms with Gasteiger partial charge in [-0.2, -0.15) is 50.2 Å². The number of nitrogen functional groups attached to an aromatic ring is 1. The maximum Gasteiger partial charge on any atom is 0.343 e. The van der Waals surface area contributed by atoms with Crippen LogP contribution < -0.4 is 15.5 Å². The molecule has 22 nitrogen and oxygen atoms in total. The predicted molar refractivity (Wildman–Crippen MR) is 198 cm³/mol. The van der Waals surface area contributed by atoms with Gasteiger partial charge in [0.25, 0.3) is 11.9 Å². The number of rotatable bonds is 11. The predicted octanol–water partition coefficient (Wildman–Crippen LogP) is 4.64. The highest BCUT2D eigenvalue weighted by Gasteiger charge is 2.34. The number of carbonyl (C=O) groups excluding carboxylic acids is 2. The Kier molecular flexibility index (Phi) is 9.82. The minimum absolute atomic E-state index is 0.0184. The summed E-state index contributed by atoms with van der Waals surface area (Å²) in [6.07, 6.45) is 2.66. The zero-order valence-electron chi connectivity index (χ0n) is 30.3. The van der Waals surface area contributed by atoms with E-state index in [1.165, 1.54) is 47.8 Å². The number of nitrogens with one attached hydrogen (secondary N) is 1. The van der Waals surface area contributed by atoms with Crippen LogP contribution in [0.1, 0.15) is 33.3 Å². The Hall–Kier alpha value is -8.04. The molecule has 1 aliphatic heterocycles. The lowest BCUT2D eigenvalue weighted by atomic mass is 10.2. The lowest BCUT2D eigenvalue weighted by Crippen LogP contribution is -2.30. The zero-order valence-corrected chi connectivity index (χ0v) is 30.3. The van der Waals surface area contributed by atoms with E-state index in [0.29, 0.717) is 22.8 Å². The number of hydrogen-bond acceptors (Lipinski definition) is 18. The number of anilines is 2. The van der Waals surface area contributed by atoms with Crippen LogP contribution in [-0.4, -0.2) is 95.2 Å². The number of esters is 2. The van der Waals surface area contributed by atoms with Crippen LogP contribution in [0.15, 0.2) is 98.6 Å². The first-order valence-electron chi connectivity index (χ1n) is 16.5. The molecule has 4 aromatic heterocycles. The number of benzene rings is 2. The number of aromatic nitrogens is 9. The maximum absolute atomic E-state index is 12.6. The molecule has 3 N–H and O–H groups in total. The average molecular weight is 758 g/mol. The van der Waals surface area contributed by atoms with Crippen LogP contribution in [0.4, 0.5) is 29.1 Å². The SMILES string of the molecule is COC(=O)c1cnn(-c2ccccc2)c1N=Nc1c(C)nn(-c2nc(OC)nc(N3N=C(C)C(N=Nc4c(C(=O)OC)cnn4-c4ccccc4)C3=N)n2)c1N. The number of carbonyl (C=O) groups is 2. The molecular weight excluding hydrogens is 726 g/mol. The number of ether oxygens (including phenoxy) is 3. The van der Waals surface area contributed by atoms with Crippen molar-refractivity contribution in [3.05, 3.63) is 89.9 Å². The monoisotopic (exact) mass is 757 g/mol. The summed E-state index contributed by atoms with van der Waals surface area (Å²) in [5.74, 6) is -1.55. The summed E-state index contributed by atoms with van der Waals surface area (Å²) < 4.78 is 19.3. The molecule has 0 spiro atoms. The largest absolute Gasteiger partial charge is 0.467 e. The van der Waals surface area contributed by atoms with Gasteiger partial charge in [0.1, 0.15) is 11.1 Å². The highest BCUT2D eigenvalue weighted by Crippen LogP contribution is 2.33. The van der Waals surface area contributed by atoms with Crippen molar-refractivity contribution in [3.8, 4) is 23.3 Å². The topological polar surface area (TPSA) is 269 Å². The number of azo groups is 2. The average Bonchev–Trinajstić information content (AvgIpc) is 3.99.